The van der Waals surface area contributed by atoms with Gasteiger partial charge in [-0.15, -0.1) is 0 Å². The molecule has 0 amide bonds. The second-order valence-corrected chi connectivity index (χ2v) is 7.57. The van der Waals surface area contributed by atoms with Crippen LogP contribution in [0.2, 0.25) is 0 Å². The Kier molecular flexibility index (Phi) is 6.48. The topological polar surface area (TPSA) is 83.5 Å². The fourth-order valence-electron chi connectivity index (χ4n) is 3.67. The number of benzene rings is 2. The number of carbonyl (C=O) groups is 1. The Hall–Kier alpha value is -3.29. The molecule has 2 aliphatic rings. The van der Waals surface area contributed by atoms with Gasteiger partial charge in [0, 0.05) is 17.6 Å². The summed E-state index contributed by atoms with van der Waals surface area (Å²) in [5, 5.41) is 11.6. The van der Waals surface area contributed by atoms with Crippen molar-refractivity contribution in [1.82, 2.24) is 0 Å². The van der Waals surface area contributed by atoms with E-state index in [1.54, 1.807) is 37.5 Å². The van der Waals surface area contributed by atoms with Crippen molar-refractivity contribution in [3.63, 3.8) is 0 Å². The van der Waals surface area contributed by atoms with Gasteiger partial charge in [-0.25, -0.2) is 4.79 Å². The van der Waals surface area contributed by atoms with Crippen LogP contribution in [0.5, 0.6) is 11.5 Å². The molecule has 1 unspecified atom stereocenters. The summed E-state index contributed by atoms with van der Waals surface area (Å²) in [6, 6.07) is 14.3. The maximum absolute atomic E-state index is 12.8. The summed E-state index contributed by atoms with van der Waals surface area (Å²) in [6.07, 6.45) is 3.96. The van der Waals surface area contributed by atoms with Crippen molar-refractivity contribution in [2.24, 2.45) is 0 Å². The quantitative estimate of drug-likeness (QED) is 0.360. The highest BCUT2D eigenvalue weighted by atomic mass is 17.2. The van der Waals surface area contributed by atoms with Crippen molar-refractivity contribution < 1.29 is 33.9 Å². The average molecular weight is 438 g/mol. The molecule has 0 saturated heterocycles. The van der Waals surface area contributed by atoms with Crippen LogP contribution in [0.3, 0.4) is 0 Å². The summed E-state index contributed by atoms with van der Waals surface area (Å²) in [4.78, 5) is 22.9. The summed E-state index contributed by atoms with van der Waals surface area (Å²) in [6.45, 7) is 2.99. The van der Waals surface area contributed by atoms with E-state index in [1.807, 2.05) is 24.3 Å². The highest BCUT2D eigenvalue weighted by Crippen LogP contribution is 2.44. The molecule has 0 spiro atoms. The molecular formula is C25H26O7. The molecule has 2 heterocycles. The number of hydrogen-bond donors (Lipinski definition) is 1. The van der Waals surface area contributed by atoms with Crippen LogP contribution in [0.1, 0.15) is 30.9 Å². The van der Waals surface area contributed by atoms with E-state index in [9.17, 15) is 9.90 Å². The summed E-state index contributed by atoms with van der Waals surface area (Å²) in [7, 11) is 1.56. The number of unbranched alkanes of at least 4 members (excludes halogenated alkanes) is 1. The second kappa shape index (κ2) is 9.46. The number of methoxy groups -OCH3 is 1. The Morgan fingerprint density at radius 3 is 2.41 bits per heavy atom. The summed E-state index contributed by atoms with van der Waals surface area (Å²) < 4.78 is 16.4. The van der Waals surface area contributed by atoms with Gasteiger partial charge in [0.15, 0.2) is 5.76 Å². The Morgan fingerprint density at radius 1 is 1.06 bits per heavy atom. The predicted octanol–water partition coefficient (Wildman–Crippen LogP) is 3.96. The van der Waals surface area contributed by atoms with Gasteiger partial charge in [-0.05, 0) is 54.5 Å². The van der Waals surface area contributed by atoms with E-state index in [0.717, 1.165) is 24.2 Å². The van der Waals surface area contributed by atoms with Crippen LogP contribution in [0.15, 0.2) is 71.5 Å². The molecule has 4 rings (SSSR count). The zero-order valence-corrected chi connectivity index (χ0v) is 18.1. The first kappa shape index (κ1) is 21.9. The minimum absolute atomic E-state index is 0.170. The number of aliphatic hydroxyl groups is 1. The van der Waals surface area contributed by atoms with E-state index < -0.39 is 11.8 Å². The fourth-order valence-corrected chi connectivity index (χ4v) is 3.67. The van der Waals surface area contributed by atoms with Crippen LogP contribution in [-0.2, 0) is 31.5 Å². The Balaban J connectivity index is 1.68. The fraction of sp³-hybridized carbons (Fsp3) is 0.320. The minimum atomic E-state index is -1.94. The summed E-state index contributed by atoms with van der Waals surface area (Å²) >= 11 is 0. The maximum atomic E-state index is 12.8. The normalized spacial score (nSPS) is 20.1. The van der Waals surface area contributed by atoms with Gasteiger partial charge in [0.1, 0.15) is 23.7 Å². The molecule has 0 saturated carbocycles. The molecule has 7 nitrogen and oxygen atoms in total. The third kappa shape index (κ3) is 4.35. The van der Waals surface area contributed by atoms with Gasteiger partial charge in [0.25, 0.3) is 5.79 Å². The van der Waals surface area contributed by atoms with Crippen LogP contribution < -0.4 is 9.47 Å². The van der Waals surface area contributed by atoms with Crippen molar-refractivity contribution in [2.75, 3.05) is 20.3 Å². The van der Waals surface area contributed by atoms with Crippen molar-refractivity contribution in [3.8, 4) is 11.5 Å². The van der Waals surface area contributed by atoms with Gasteiger partial charge in [-0.3, -0.25) is 0 Å². The van der Waals surface area contributed by atoms with Crippen molar-refractivity contribution in [3.05, 3.63) is 82.6 Å². The van der Waals surface area contributed by atoms with Gasteiger partial charge in [0.2, 0.25) is 0 Å². The van der Waals surface area contributed by atoms with E-state index >= 15 is 0 Å². The zero-order chi connectivity index (χ0) is 22.6. The number of esters is 1. The molecular weight excluding hydrogens is 412 g/mol. The SMILES string of the molecule is CCCCOc1ccc(CC2=C(C3=CCOO3)C(=O)OC2(O)c2ccc(OC)cc2)cc1. The summed E-state index contributed by atoms with van der Waals surface area (Å²) in [5.74, 6) is -0.970. The van der Waals surface area contributed by atoms with E-state index in [2.05, 4.69) is 6.92 Å². The molecule has 7 heteroatoms. The third-order valence-electron chi connectivity index (χ3n) is 5.44. The van der Waals surface area contributed by atoms with E-state index in [4.69, 9.17) is 24.0 Å². The van der Waals surface area contributed by atoms with Crippen molar-refractivity contribution in [2.45, 2.75) is 32.0 Å². The minimum Gasteiger partial charge on any atom is -0.497 e. The van der Waals surface area contributed by atoms with Crippen LogP contribution in [0.25, 0.3) is 0 Å². The van der Waals surface area contributed by atoms with Crippen LogP contribution in [0, 0.1) is 0 Å². The van der Waals surface area contributed by atoms with Gasteiger partial charge < -0.3 is 24.2 Å². The predicted molar refractivity (Wildman–Crippen MR) is 116 cm³/mol. The van der Waals surface area contributed by atoms with Crippen molar-refractivity contribution >= 4 is 5.97 Å². The molecule has 1 atom stereocenters. The molecule has 2 aliphatic heterocycles. The number of hydrogen-bond acceptors (Lipinski definition) is 7. The zero-order valence-electron chi connectivity index (χ0n) is 18.1. The Bertz CT molecular complexity index is 1020. The molecule has 2 aromatic rings. The number of cyclic esters (lactones) is 1. The molecule has 168 valence electrons. The first-order valence-corrected chi connectivity index (χ1v) is 10.6. The third-order valence-corrected chi connectivity index (χ3v) is 5.44. The molecule has 0 fully saturated rings. The van der Waals surface area contributed by atoms with Gasteiger partial charge >= 0.3 is 5.97 Å². The lowest BCUT2D eigenvalue weighted by atomic mass is 9.89. The largest absolute Gasteiger partial charge is 0.497 e. The molecule has 0 aliphatic carbocycles. The van der Waals surface area contributed by atoms with E-state index in [1.165, 1.54) is 0 Å². The highest BCUT2D eigenvalue weighted by Gasteiger charge is 2.49. The monoisotopic (exact) mass is 438 g/mol. The van der Waals surface area contributed by atoms with E-state index in [0.29, 0.717) is 23.5 Å². The number of ether oxygens (including phenoxy) is 3. The molecule has 32 heavy (non-hydrogen) atoms. The van der Waals surface area contributed by atoms with Crippen LogP contribution in [-0.4, -0.2) is 31.4 Å². The average Bonchev–Trinajstić information content (AvgIpc) is 3.42. The summed E-state index contributed by atoms with van der Waals surface area (Å²) in [5.41, 5.74) is 1.84. The van der Waals surface area contributed by atoms with Gasteiger partial charge in [0.05, 0.1) is 13.7 Å². The smallest absolute Gasteiger partial charge is 0.345 e. The maximum Gasteiger partial charge on any atom is 0.345 e. The Morgan fingerprint density at radius 2 is 1.78 bits per heavy atom. The molecule has 2 aromatic carbocycles. The number of carbonyl (C=O) groups excluding carboxylic acids is 1. The molecule has 1 N–H and O–H groups in total. The highest BCUT2D eigenvalue weighted by molar-refractivity contribution is 5.97. The lowest BCUT2D eigenvalue weighted by molar-refractivity contribution is -0.231. The first-order valence-electron chi connectivity index (χ1n) is 10.6. The lowest BCUT2D eigenvalue weighted by Gasteiger charge is -2.26. The first-order chi connectivity index (χ1) is 15.5. The lowest BCUT2D eigenvalue weighted by Crippen LogP contribution is -2.29. The molecule has 0 radical (unpaired) electrons. The van der Waals surface area contributed by atoms with Crippen LogP contribution >= 0.6 is 0 Å². The number of rotatable bonds is 9. The van der Waals surface area contributed by atoms with Gasteiger partial charge in [-0.1, -0.05) is 25.5 Å². The van der Waals surface area contributed by atoms with Gasteiger partial charge in [-0.2, -0.15) is 4.89 Å². The van der Waals surface area contributed by atoms with Crippen molar-refractivity contribution in [1.29, 1.82) is 0 Å². The van der Waals surface area contributed by atoms with E-state index in [-0.39, 0.29) is 24.4 Å². The second-order valence-electron chi connectivity index (χ2n) is 7.57. The standard InChI is InChI=1S/C25H26O7/c1-3-4-14-29-20-9-5-17(6-10-20)16-21-23(22-13-15-30-32-22)24(26)31-25(21,27)18-7-11-19(28-2)12-8-18/h5-13,27H,3-4,14-16H2,1-2H3. The molecule has 0 bridgehead atoms. The molecule has 0 aromatic heterocycles. The Labute approximate surface area is 186 Å². The van der Waals surface area contributed by atoms with Crippen LogP contribution in [0.4, 0.5) is 0 Å².